The number of hydrogen-bond acceptors (Lipinski definition) is 4. The van der Waals surface area contributed by atoms with Crippen LogP contribution in [0, 0.1) is 13.8 Å². The van der Waals surface area contributed by atoms with Crippen molar-refractivity contribution in [1.29, 1.82) is 0 Å². The van der Waals surface area contributed by atoms with Gasteiger partial charge < -0.3 is 5.32 Å². The van der Waals surface area contributed by atoms with Crippen LogP contribution in [-0.2, 0) is 30.9 Å². The van der Waals surface area contributed by atoms with Crippen molar-refractivity contribution < 1.29 is 18.0 Å². The largest absolute Gasteiger partial charge is 0.416 e. The summed E-state index contributed by atoms with van der Waals surface area (Å²) in [5.74, 6) is -0.234. The number of nitrogens with zero attached hydrogens (tertiary/aromatic N) is 3. The van der Waals surface area contributed by atoms with E-state index in [0.29, 0.717) is 15.6 Å². The lowest BCUT2D eigenvalue weighted by Gasteiger charge is -2.09. The van der Waals surface area contributed by atoms with E-state index in [1.165, 1.54) is 23.6 Å². The number of amides is 1. The number of alkyl halides is 3. The zero-order valence-corrected chi connectivity index (χ0v) is 17.5. The van der Waals surface area contributed by atoms with Gasteiger partial charge in [-0.15, -0.1) is 11.3 Å². The van der Waals surface area contributed by atoms with Gasteiger partial charge in [0.2, 0.25) is 5.91 Å². The molecule has 0 radical (unpaired) electrons. The Morgan fingerprint density at radius 2 is 2.03 bits per heavy atom. The topological polar surface area (TPSA) is 59.8 Å². The minimum absolute atomic E-state index is 0.167. The Bertz CT molecular complexity index is 1060. The number of aryl methyl sites for hydroxylation is 2. The first-order valence-corrected chi connectivity index (χ1v) is 9.83. The van der Waals surface area contributed by atoms with E-state index in [2.05, 4.69) is 15.4 Å². The summed E-state index contributed by atoms with van der Waals surface area (Å²) < 4.78 is 40.5. The minimum Gasteiger partial charge on any atom is -0.302 e. The van der Waals surface area contributed by atoms with E-state index in [1.807, 2.05) is 20.9 Å². The molecule has 0 fully saturated rings. The molecule has 0 saturated heterocycles. The van der Waals surface area contributed by atoms with Gasteiger partial charge in [0.05, 0.1) is 17.7 Å². The number of anilines is 1. The number of aromatic nitrogens is 3. The Hall–Kier alpha value is -2.39. The molecule has 1 aromatic carbocycles. The third-order valence-corrected chi connectivity index (χ3v) is 5.82. The smallest absolute Gasteiger partial charge is 0.302 e. The first kappa shape index (κ1) is 21.3. The molecule has 0 aliphatic carbocycles. The van der Waals surface area contributed by atoms with E-state index >= 15 is 0 Å². The SMILES string of the molecule is Cc1nn(C)c(C)c1CC(=O)Nc1ncc(Cc2cc(C(F)(F)F)ccc2Cl)s1. The number of rotatable bonds is 5. The first-order valence-electron chi connectivity index (χ1n) is 8.64. The number of carbonyl (C=O) groups is 1. The van der Waals surface area contributed by atoms with Gasteiger partial charge in [0, 0.05) is 40.8 Å². The summed E-state index contributed by atoms with van der Waals surface area (Å²) in [6.45, 7) is 3.73. The van der Waals surface area contributed by atoms with E-state index in [-0.39, 0.29) is 23.8 Å². The summed E-state index contributed by atoms with van der Waals surface area (Å²) in [5.41, 5.74) is 2.16. The lowest BCUT2D eigenvalue weighted by molar-refractivity contribution is -0.137. The van der Waals surface area contributed by atoms with Gasteiger partial charge in [0.25, 0.3) is 0 Å². The number of thiazole rings is 1. The van der Waals surface area contributed by atoms with Crippen LogP contribution in [0.4, 0.5) is 18.3 Å². The fourth-order valence-corrected chi connectivity index (χ4v) is 3.95. The summed E-state index contributed by atoms with van der Waals surface area (Å²) in [4.78, 5) is 17.2. The molecule has 0 saturated carbocycles. The normalized spacial score (nSPS) is 11.7. The van der Waals surface area contributed by atoms with Gasteiger partial charge in [-0.25, -0.2) is 4.98 Å². The Morgan fingerprint density at radius 3 is 2.66 bits per heavy atom. The van der Waals surface area contributed by atoms with E-state index in [0.717, 1.165) is 29.1 Å². The highest BCUT2D eigenvalue weighted by Crippen LogP contribution is 2.33. The predicted molar refractivity (Wildman–Crippen MR) is 106 cm³/mol. The highest BCUT2D eigenvalue weighted by atomic mass is 35.5. The molecule has 0 atom stereocenters. The minimum atomic E-state index is -4.44. The molecule has 1 amide bonds. The number of nitrogens with one attached hydrogen (secondary N) is 1. The van der Waals surface area contributed by atoms with Gasteiger partial charge in [-0.05, 0) is 37.6 Å². The van der Waals surface area contributed by atoms with Crippen molar-refractivity contribution in [2.24, 2.45) is 7.05 Å². The van der Waals surface area contributed by atoms with Gasteiger partial charge in [0.1, 0.15) is 0 Å². The van der Waals surface area contributed by atoms with Crippen LogP contribution < -0.4 is 5.32 Å². The second kappa shape index (κ2) is 8.16. The van der Waals surface area contributed by atoms with Crippen LogP contribution in [0.15, 0.2) is 24.4 Å². The van der Waals surface area contributed by atoms with Crippen LogP contribution >= 0.6 is 22.9 Å². The Morgan fingerprint density at radius 1 is 1.31 bits per heavy atom. The van der Waals surface area contributed by atoms with E-state index in [1.54, 1.807) is 4.68 Å². The van der Waals surface area contributed by atoms with Crippen molar-refractivity contribution in [3.8, 4) is 0 Å². The van der Waals surface area contributed by atoms with Crippen molar-refractivity contribution in [2.75, 3.05) is 5.32 Å². The van der Waals surface area contributed by atoms with Gasteiger partial charge in [-0.3, -0.25) is 9.48 Å². The highest BCUT2D eigenvalue weighted by Gasteiger charge is 2.31. The van der Waals surface area contributed by atoms with Gasteiger partial charge >= 0.3 is 6.18 Å². The standard InChI is InChI=1S/C19H18ClF3N4OS/c1-10-15(11(2)27(3)26-10)8-17(28)25-18-24-9-14(29-18)7-12-6-13(19(21,22)23)4-5-16(12)20/h4-6,9H,7-8H2,1-3H3,(H,24,25,28). The van der Waals surface area contributed by atoms with Gasteiger partial charge in [-0.1, -0.05) is 11.6 Å². The maximum Gasteiger partial charge on any atom is 0.416 e. The van der Waals surface area contributed by atoms with Crippen molar-refractivity contribution in [3.05, 3.63) is 62.4 Å². The average Bonchev–Trinajstić information content (AvgIpc) is 3.15. The van der Waals surface area contributed by atoms with Crippen LogP contribution in [0.25, 0.3) is 0 Å². The Balaban J connectivity index is 1.69. The van der Waals surface area contributed by atoms with Crippen molar-refractivity contribution >= 4 is 34.0 Å². The van der Waals surface area contributed by atoms with Gasteiger partial charge in [-0.2, -0.15) is 18.3 Å². The number of carbonyl (C=O) groups excluding carboxylic acids is 1. The molecule has 154 valence electrons. The van der Waals surface area contributed by atoms with Crippen LogP contribution in [-0.4, -0.2) is 20.7 Å². The van der Waals surface area contributed by atoms with Crippen LogP contribution in [0.1, 0.15) is 33.0 Å². The van der Waals surface area contributed by atoms with Crippen molar-refractivity contribution in [2.45, 2.75) is 32.9 Å². The molecule has 0 aliphatic heterocycles. The van der Waals surface area contributed by atoms with E-state index in [9.17, 15) is 18.0 Å². The molecule has 2 aromatic heterocycles. The monoisotopic (exact) mass is 442 g/mol. The molecule has 5 nitrogen and oxygen atoms in total. The van der Waals surface area contributed by atoms with Gasteiger partial charge in [0.15, 0.2) is 5.13 Å². The zero-order chi connectivity index (χ0) is 21.3. The van der Waals surface area contributed by atoms with Crippen LogP contribution in [0.3, 0.4) is 0 Å². The molecular formula is C19H18ClF3N4OS. The zero-order valence-electron chi connectivity index (χ0n) is 15.9. The van der Waals surface area contributed by atoms with Crippen molar-refractivity contribution in [3.63, 3.8) is 0 Å². The lowest BCUT2D eigenvalue weighted by Crippen LogP contribution is -2.15. The predicted octanol–water partition coefficient (Wildman–Crippen LogP) is 4.94. The second-order valence-corrected chi connectivity index (χ2v) is 8.13. The third-order valence-electron chi connectivity index (χ3n) is 4.53. The van der Waals surface area contributed by atoms with Crippen LogP contribution in [0.2, 0.25) is 5.02 Å². The van der Waals surface area contributed by atoms with Crippen LogP contribution in [0.5, 0.6) is 0 Å². The molecular weight excluding hydrogens is 425 g/mol. The molecule has 0 bridgehead atoms. The first-order chi connectivity index (χ1) is 13.5. The lowest BCUT2D eigenvalue weighted by atomic mass is 10.1. The Kier molecular flexibility index (Phi) is 6.00. The third kappa shape index (κ3) is 4.97. The summed E-state index contributed by atoms with van der Waals surface area (Å²) in [5, 5.41) is 7.65. The average molecular weight is 443 g/mol. The number of benzene rings is 1. The number of hydrogen-bond donors (Lipinski definition) is 1. The summed E-state index contributed by atoms with van der Waals surface area (Å²) in [7, 11) is 1.82. The van der Waals surface area contributed by atoms with E-state index < -0.39 is 11.7 Å². The molecule has 0 aliphatic rings. The quantitative estimate of drug-likeness (QED) is 0.609. The summed E-state index contributed by atoms with van der Waals surface area (Å²) in [6, 6.07) is 3.23. The van der Waals surface area contributed by atoms with E-state index in [4.69, 9.17) is 11.6 Å². The molecule has 29 heavy (non-hydrogen) atoms. The maximum absolute atomic E-state index is 12.9. The Labute approximate surface area is 174 Å². The number of halogens is 4. The highest BCUT2D eigenvalue weighted by molar-refractivity contribution is 7.15. The fraction of sp³-hybridized carbons (Fsp3) is 0.316. The summed E-state index contributed by atoms with van der Waals surface area (Å²) in [6.07, 6.45) is -2.55. The van der Waals surface area contributed by atoms with Crippen molar-refractivity contribution in [1.82, 2.24) is 14.8 Å². The molecule has 0 unspecified atom stereocenters. The molecule has 3 aromatic rings. The second-order valence-electron chi connectivity index (χ2n) is 6.61. The molecule has 1 N–H and O–H groups in total. The fourth-order valence-electron chi connectivity index (χ4n) is 2.92. The molecule has 10 heteroatoms. The molecule has 2 heterocycles. The molecule has 0 spiro atoms. The maximum atomic E-state index is 12.9. The summed E-state index contributed by atoms with van der Waals surface area (Å²) >= 11 is 7.25. The molecule has 3 rings (SSSR count).